The summed E-state index contributed by atoms with van der Waals surface area (Å²) in [6.45, 7) is 1.52. The summed E-state index contributed by atoms with van der Waals surface area (Å²) in [6, 6.07) is 1.49. The van der Waals surface area contributed by atoms with E-state index in [0.717, 1.165) is 38.8 Å². The molecule has 0 saturated heterocycles. The Bertz CT molecular complexity index is 497. The van der Waals surface area contributed by atoms with Crippen LogP contribution in [0.3, 0.4) is 0 Å². The number of nitrogens with zero attached hydrogens (tertiary/aromatic N) is 3. The maximum Gasteiger partial charge on any atom is 0.451 e. The lowest BCUT2D eigenvalue weighted by Gasteiger charge is -2.24. The third-order valence-electron chi connectivity index (χ3n) is 3.79. The van der Waals surface area contributed by atoms with Crippen LogP contribution in [0.15, 0.2) is 6.07 Å². The Morgan fingerprint density at radius 3 is 2.14 bits per heavy atom. The minimum absolute atomic E-state index is 0.0103. The van der Waals surface area contributed by atoms with Gasteiger partial charge in [0.25, 0.3) is 0 Å². The number of halogens is 3. The second-order valence-corrected chi connectivity index (χ2v) is 5.87. The maximum atomic E-state index is 12.9. The Labute approximate surface area is 120 Å². The van der Waals surface area contributed by atoms with Crippen LogP contribution in [0.1, 0.15) is 31.5 Å². The van der Waals surface area contributed by atoms with Crippen LogP contribution in [0, 0.1) is 11.8 Å². The minimum Gasteiger partial charge on any atom is -0.356 e. The van der Waals surface area contributed by atoms with Gasteiger partial charge < -0.3 is 10.3 Å². The van der Waals surface area contributed by atoms with Crippen molar-refractivity contribution in [2.24, 2.45) is 17.7 Å². The van der Waals surface area contributed by atoms with Crippen molar-refractivity contribution in [3.8, 4) is 0 Å². The molecule has 0 amide bonds. The van der Waals surface area contributed by atoms with E-state index >= 15 is 0 Å². The van der Waals surface area contributed by atoms with Crippen molar-refractivity contribution >= 4 is 11.6 Å². The molecule has 0 bridgehead atoms. The normalized spacial score (nSPS) is 18.7. The molecule has 1 aromatic rings. The molecule has 0 aromatic carbocycles. The first kappa shape index (κ1) is 14.4. The zero-order chi connectivity index (χ0) is 15.0. The van der Waals surface area contributed by atoms with Gasteiger partial charge in [-0.3, -0.25) is 0 Å². The highest BCUT2D eigenvalue weighted by atomic mass is 19.4. The molecule has 3 rings (SSSR count). The van der Waals surface area contributed by atoms with Crippen LogP contribution >= 0.6 is 0 Å². The molecule has 5 nitrogen and oxygen atoms in total. The number of aromatic nitrogens is 2. The van der Waals surface area contributed by atoms with Gasteiger partial charge >= 0.3 is 6.18 Å². The predicted molar refractivity (Wildman–Crippen MR) is 72.5 cm³/mol. The molecule has 2 saturated carbocycles. The third-order valence-corrected chi connectivity index (χ3v) is 3.79. The van der Waals surface area contributed by atoms with Crippen molar-refractivity contribution in [3.05, 3.63) is 11.9 Å². The predicted octanol–water partition coefficient (Wildman–Crippen LogP) is 2.41. The smallest absolute Gasteiger partial charge is 0.356 e. The topological polar surface area (TPSA) is 67.1 Å². The highest BCUT2D eigenvalue weighted by molar-refractivity contribution is 5.49. The number of hydrazine groups is 1. The number of nitrogen functional groups attached to an aromatic ring is 1. The summed E-state index contributed by atoms with van der Waals surface area (Å²) >= 11 is 0. The fourth-order valence-electron chi connectivity index (χ4n) is 2.28. The second-order valence-electron chi connectivity index (χ2n) is 5.87. The number of hydrogen-bond donors (Lipinski definition) is 2. The zero-order valence-electron chi connectivity index (χ0n) is 11.5. The number of nitrogens with two attached hydrogens (primary N) is 1. The molecular formula is C13H18F3N5. The Hall–Kier alpha value is -1.57. The Morgan fingerprint density at radius 2 is 1.71 bits per heavy atom. The van der Waals surface area contributed by atoms with Crippen LogP contribution in [0.2, 0.25) is 0 Å². The maximum absolute atomic E-state index is 12.9. The molecule has 2 aliphatic rings. The average molecular weight is 301 g/mol. The minimum atomic E-state index is -4.58. The van der Waals surface area contributed by atoms with Gasteiger partial charge in [0.05, 0.1) is 0 Å². The summed E-state index contributed by atoms with van der Waals surface area (Å²) in [7, 11) is 0. The largest absolute Gasteiger partial charge is 0.451 e. The number of anilines is 2. The van der Waals surface area contributed by atoms with Crippen LogP contribution < -0.4 is 16.2 Å². The standard InChI is InChI=1S/C13H18F3N5/c14-13(15,16)12-18-10(20-17)5-11(19-12)21(6-8-1-2-8)7-9-3-4-9/h5,8-9H,1-4,6-7,17H2,(H,18,19,20). The van der Waals surface area contributed by atoms with Crippen LogP contribution in [0.25, 0.3) is 0 Å². The highest BCUT2D eigenvalue weighted by Crippen LogP contribution is 2.36. The zero-order valence-corrected chi connectivity index (χ0v) is 11.5. The van der Waals surface area contributed by atoms with Crippen LogP contribution in [-0.4, -0.2) is 23.1 Å². The van der Waals surface area contributed by atoms with E-state index in [9.17, 15) is 13.2 Å². The van der Waals surface area contributed by atoms with Gasteiger partial charge in [-0.25, -0.2) is 15.8 Å². The molecule has 2 aliphatic carbocycles. The summed E-state index contributed by atoms with van der Waals surface area (Å²) in [6.07, 6.45) is -0.0199. The monoisotopic (exact) mass is 301 g/mol. The number of hydrogen-bond acceptors (Lipinski definition) is 5. The van der Waals surface area contributed by atoms with Gasteiger partial charge in [0.2, 0.25) is 5.82 Å². The highest BCUT2D eigenvalue weighted by Gasteiger charge is 2.37. The van der Waals surface area contributed by atoms with Crippen LogP contribution in [0.4, 0.5) is 24.8 Å². The quantitative estimate of drug-likeness (QED) is 0.624. The van der Waals surface area contributed by atoms with Gasteiger partial charge in [-0.2, -0.15) is 13.2 Å². The average Bonchev–Trinajstić information content (AvgIpc) is 3.31. The Kier molecular flexibility index (Phi) is 3.64. The SMILES string of the molecule is NNc1cc(N(CC2CC2)CC2CC2)nc(C(F)(F)F)n1. The fraction of sp³-hybridized carbons (Fsp3) is 0.692. The summed E-state index contributed by atoms with van der Waals surface area (Å²) < 4.78 is 38.7. The van der Waals surface area contributed by atoms with Crippen LogP contribution in [-0.2, 0) is 6.18 Å². The first-order valence-electron chi connectivity index (χ1n) is 7.13. The van der Waals surface area contributed by atoms with Gasteiger partial charge in [-0.05, 0) is 37.5 Å². The van der Waals surface area contributed by atoms with Gasteiger partial charge in [0, 0.05) is 19.2 Å². The molecular weight excluding hydrogens is 283 g/mol. The van der Waals surface area contributed by atoms with Crippen molar-refractivity contribution in [2.75, 3.05) is 23.4 Å². The van der Waals surface area contributed by atoms with Gasteiger partial charge in [-0.1, -0.05) is 0 Å². The first-order valence-corrected chi connectivity index (χ1v) is 7.13. The molecule has 0 atom stereocenters. The van der Waals surface area contributed by atoms with E-state index < -0.39 is 12.0 Å². The van der Waals surface area contributed by atoms with E-state index in [4.69, 9.17) is 5.84 Å². The number of rotatable bonds is 6. The molecule has 0 spiro atoms. The van der Waals surface area contributed by atoms with Crippen molar-refractivity contribution < 1.29 is 13.2 Å². The number of alkyl halides is 3. The summed E-state index contributed by atoms with van der Waals surface area (Å²) in [5.74, 6) is 5.53. The summed E-state index contributed by atoms with van der Waals surface area (Å²) in [4.78, 5) is 9.06. The van der Waals surface area contributed by atoms with E-state index in [0.29, 0.717) is 17.7 Å². The van der Waals surface area contributed by atoms with E-state index in [-0.39, 0.29) is 5.82 Å². The van der Waals surface area contributed by atoms with Crippen molar-refractivity contribution in [1.29, 1.82) is 0 Å². The summed E-state index contributed by atoms with van der Waals surface area (Å²) in [5, 5.41) is 0. The molecule has 2 fully saturated rings. The molecule has 1 aromatic heterocycles. The third kappa shape index (κ3) is 3.75. The van der Waals surface area contributed by atoms with Crippen LogP contribution in [0.5, 0.6) is 0 Å². The van der Waals surface area contributed by atoms with Gasteiger partial charge in [-0.15, -0.1) is 0 Å². The van der Waals surface area contributed by atoms with Crippen molar-refractivity contribution in [2.45, 2.75) is 31.9 Å². The molecule has 0 radical (unpaired) electrons. The molecule has 3 N–H and O–H groups in total. The van der Waals surface area contributed by atoms with E-state index in [1.165, 1.54) is 6.07 Å². The van der Waals surface area contributed by atoms with Crippen molar-refractivity contribution in [1.82, 2.24) is 9.97 Å². The lowest BCUT2D eigenvalue weighted by molar-refractivity contribution is -0.144. The van der Waals surface area contributed by atoms with Gasteiger partial charge in [0.1, 0.15) is 11.6 Å². The molecule has 0 unspecified atom stereocenters. The Morgan fingerprint density at radius 1 is 1.14 bits per heavy atom. The van der Waals surface area contributed by atoms with E-state index in [1.807, 2.05) is 4.90 Å². The van der Waals surface area contributed by atoms with E-state index in [1.54, 1.807) is 0 Å². The van der Waals surface area contributed by atoms with Gasteiger partial charge in [0.15, 0.2) is 0 Å². The fourth-order valence-corrected chi connectivity index (χ4v) is 2.28. The number of nitrogens with one attached hydrogen (secondary N) is 1. The lowest BCUT2D eigenvalue weighted by Crippen LogP contribution is -2.30. The molecule has 0 aliphatic heterocycles. The first-order chi connectivity index (χ1) is 9.95. The molecule has 21 heavy (non-hydrogen) atoms. The molecule has 1 heterocycles. The van der Waals surface area contributed by atoms with E-state index in [2.05, 4.69) is 15.4 Å². The summed E-state index contributed by atoms with van der Waals surface area (Å²) in [5.41, 5.74) is 2.19. The lowest BCUT2D eigenvalue weighted by atomic mass is 10.3. The Balaban J connectivity index is 1.88. The molecule has 8 heteroatoms. The second kappa shape index (κ2) is 5.32. The van der Waals surface area contributed by atoms with Crippen molar-refractivity contribution in [3.63, 3.8) is 0 Å². The molecule has 116 valence electrons.